The van der Waals surface area contributed by atoms with Gasteiger partial charge < -0.3 is 15.3 Å². The standard InChI is InChI=1S/C13H25N3O3/c1-3-11(4-2)14-13(19)16-7-5-6-15(8-9-16)10-12(17)18/h11H,3-10H2,1-2H3,(H,14,19)(H,17,18). The smallest absolute Gasteiger partial charge is 0.317 e. The molecule has 0 saturated carbocycles. The molecule has 1 rings (SSSR count). The van der Waals surface area contributed by atoms with Crippen LogP contribution in [0.5, 0.6) is 0 Å². The molecule has 1 fully saturated rings. The summed E-state index contributed by atoms with van der Waals surface area (Å²) in [7, 11) is 0. The molecule has 0 aliphatic carbocycles. The van der Waals surface area contributed by atoms with Crippen LogP contribution in [-0.2, 0) is 4.79 Å². The maximum absolute atomic E-state index is 12.1. The highest BCUT2D eigenvalue weighted by Crippen LogP contribution is 2.05. The lowest BCUT2D eigenvalue weighted by molar-refractivity contribution is -0.138. The molecular formula is C13H25N3O3. The van der Waals surface area contributed by atoms with Gasteiger partial charge >= 0.3 is 12.0 Å². The van der Waals surface area contributed by atoms with Crippen LogP contribution in [0.15, 0.2) is 0 Å². The number of nitrogens with zero attached hydrogens (tertiary/aromatic N) is 2. The summed E-state index contributed by atoms with van der Waals surface area (Å²) < 4.78 is 0. The van der Waals surface area contributed by atoms with E-state index in [-0.39, 0.29) is 18.6 Å². The number of carboxylic acids is 1. The lowest BCUT2D eigenvalue weighted by atomic mass is 10.2. The molecule has 0 aromatic heterocycles. The van der Waals surface area contributed by atoms with Crippen LogP contribution in [-0.4, -0.2) is 65.7 Å². The molecule has 0 unspecified atom stereocenters. The van der Waals surface area contributed by atoms with Gasteiger partial charge in [0.05, 0.1) is 6.54 Å². The number of carboxylic acid groups (broad SMARTS) is 1. The van der Waals surface area contributed by atoms with Crippen molar-refractivity contribution in [3.63, 3.8) is 0 Å². The molecule has 1 heterocycles. The molecule has 0 spiro atoms. The normalized spacial score (nSPS) is 17.3. The van der Waals surface area contributed by atoms with Crippen molar-refractivity contribution >= 4 is 12.0 Å². The quantitative estimate of drug-likeness (QED) is 0.781. The van der Waals surface area contributed by atoms with Crippen LogP contribution in [0, 0.1) is 0 Å². The number of carbonyl (C=O) groups is 2. The average Bonchev–Trinajstić information content (AvgIpc) is 2.60. The first kappa shape index (κ1) is 15.8. The van der Waals surface area contributed by atoms with E-state index >= 15 is 0 Å². The van der Waals surface area contributed by atoms with Crippen LogP contribution in [0.25, 0.3) is 0 Å². The van der Waals surface area contributed by atoms with Crippen molar-refractivity contribution in [1.82, 2.24) is 15.1 Å². The van der Waals surface area contributed by atoms with Gasteiger partial charge in [0.15, 0.2) is 0 Å². The van der Waals surface area contributed by atoms with Crippen molar-refractivity contribution in [3.05, 3.63) is 0 Å². The van der Waals surface area contributed by atoms with Crippen LogP contribution in [0.3, 0.4) is 0 Å². The second-order valence-electron chi connectivity index (χ2n) is 4.97. The molecular weight excluding hydrogens is 246 g/mol. The molecule has 0 aromatic carbocycles. The van der Waals surface area contributed by atoms with Gasteiger partial charge in [0, 0.05) is 32.2 Å². The largest absolute Gasteiger partial charge is 0.480 e. The number of hydrogen-bond donors (Lipinski definition) is 2. The minimum Gasteiger partial charge on any atom is -0.480 e. The third kappa shape index (κ3) is 5.46. The van der Waals surface area contributed by atoms with E-state index in [2.05, 4.69) is 19.2 Å². The molecule has 0 atom stereocenters. The average molecular weight is 271 g/mol. The summed E-state index contributed by atoms with van der Waals surface area (Å²) >= 11 is 0. The Morgan fingerprint density at radius 1 is 1.16 bits per heavy atom. The highest BCUT2D eigenvalue weighted by atomic mass is 16.4. The minimum absolute atomic E-state index is 0.0223. The highest BCUT2D eigenvalue weighted by Gasteiger charge is 2.21. The Labute approximate surface area is 114 Å². The number of urea groups is 1. The van der Waals surface area contributed by atoms with Gasteiger partial charge in [0.2, 0.25) is 0 Å². The molecule has 110 valence electrons. The number of nitrogens with one attached hydrogen (secondary N) is 1. The third-order valence-electron chi connectivity index (χ3n) is 3.55. The lowest BCUT2D eigenvalue weighted by Gasteiger charge is -2.24. The predicted molar refractivity (Wildman–Crippen MR) is 73.2 cm³/mol. The Kier molecular flexibility index (Phi) is 6.62. The molecule has 0 bridgehead atoms. The molecule has 2 amide bonds. The molecule has 19 heavy (non-hydrogen) atoms. The Morgan fingerprint density at radius 3 is 2.42 bits per heavy atom. The Bertz CT molecular complexity index is 306. The summed E-state index contributed by atoms with van der Waals surface area (Å²) in [4.78, 5) is 26.4. The van der Waals surface area contributed by atoms with Gasteiger partial charge in [-0.1, -0.05) is 13.8 Å². The van der Waals surface area contributed by atoms with Crippen LogP contribution < -0.4 is 5.32 Å². The maximum Gasteiger partial charge on any atom is 0.317 e. The second kappa shape index (κ2) is 7.99. The fourth-order valence-corrected chi connectivity index (χ4v) is 2.28. The van der Waals surface area contributed by atoms with E-state index in [9.17, 15) is 9.59 Å². The summed E-state index contributed by atoms with van der Waals surface area (Å²) in [5.41, 5.74) is 0. The fourth-order valence-electron chi connectivity index (χ4n) is 2.28. The first-order chi connectivity index (χ1) is 9.06. The van der Waals surface area contributed by atoms with Crippen LogP contribution >= 0.6 is 0 Å². The van der Waals surface area contributed by atoms with Crippen molar-refractivity contribution in [3.8, 4) is 0 Å². The number of amides is 2. The molecule has 6 nitrogen and oxygen atoms in total. The Balaban J connectivity index is 2.43. The van der Waals surface area contributed by atoms with Gasteiger partial charge in [-0.25, -0.2) is 4.79 Å². The van der Waals surface area contributed by atoms with Crippen LogP contribution in [0.4, 0.5) is 4.79 Å². The van der Waals surface area contributed by atoms with Crippen molar-refractivity contribution in [2.24, 2.45) is 0 Å². The van der Waals surface area contributed by atoms with Crippen LogP contribution in [0.2, 0.25) is 0 Å². The molecule has 1 saturated heterocycles. The summed E-state index contributed by atoms with van der Waals surface area (Å²) in [6.07, 6.45) is 2.69. The van der Waals surface area contributed by atoms with E-state index in [0.717, 1.165) is 25.8 Å². The lowest BCUT2D eigenvalue weighted by Crippen LogP contribution is -2.46. The van der Waals surface area contributed by atoms with Gasteiger partial charge in [-0.15, -0.1) is 0 Å². The first-order valence-corrected chi connectivity index (χ1v) is 7.06. The van der Waals surface area contributed by atoms with Gasteiger partial charge in [-0.05, 0) is 19.3 Å². The van der Waals surface area contributed by atoms with Crippen molar-refractivity contribution in [1.29, 1.82) is 0 Å². The van der Waals surface area contributed by atoms with E-state index in [1.807, 2.05) is 4.90 Å². The Morgan fingerprint density at radius 2 is 1.84 bits per heavy atom. The number of carbonyl (C=O) groups excluding carboxylic acids is 1. The van der Waals surface area contributed by atoms with Crippen molar-refractivity contribution < 1.29 is 14.7 Å². The summed E-state index contributed by atoms with van der Waals surface area (Å²) in [5, 5.41) is 11.8. The molecule has 0 aromatic rings. The van der Waals surface area contributed by atoms with Gasteiger partial charge in [0.25, 0.3) is 0 Å². The molecule has 1 aliphatic heterocycles. The zero-order valence-electron chi connectivity index (χ0n) is 11.9. The second-order valence-corrected chi connectivity index (χ2v) is 4.97. The molecule has 0 radical (unpaired) electrons. The highest BCUT2D eigenvalue weighted by molar-refractivity contribution is 5.74. The van der Waals surface area contributed by atoms with Gasteiger partial charge in [-0.3, -0.25) is 9.69 Å². The monoisotopic (exact) mass is 271 g/mol. The fraction of sp³-hybridized carbons (Fsp3) is 0.846. The summed E-state index contributed by atoms with van der Waals surface area (Å²) in [5.74, 6) is -0.810. The number of hydrogen-bond acceptors (Lipinski definition) is 3. The summed E-state index contributed by atoms with van der Waals surface area (Å²) in [6, 6.07) is 0.205. The van der Waals surface area contributed by atoms with E-state index in [1.54, 1.807) is 4.90 Å². The maximum atomic E-state index is 12.1. The predicted octanol–water partition coefficient (Wildman–Crippen LogP) is 0.977. The first-order valence-electron chi connectivity index (χ1n) is 7.06. The van der Waals surface area contributed by atoms with Crippen molar-refractivity contribution in [2.45, 2.75) is 39.2 Å². The zero-order chi connectivity index (χ0) is 14.3. The third-order valence-corrected chi connectivity index (χ3v) is 3.55. The van der Waals surface area contributed by atoms with E-state index in [1.165, 1.54) is 0 Å². The number of aliphatic carboxylic acids is 1. The summed E-state index contributed by atoms with van der Waals surface area (Å²) in [6.45, 7) is 6.84. The van der Waals surface area contributed by atoms with Gasteiger partial charge in [0.1, 0.15) is 0 Å². The number of rotatable bonds is 5. The topological polar surface area (TPSA) is 72.9 Å². The van der Waals surface area contributed by atoms with E-state index < -0.39 is 5.97 Å². The van der Waals surface area contributed by atoms with Gasteiger partial charge in [-0.2, -0.15) is 0 Å². The van der Waals surface area contributed by atoms with E-state index in [0.29, 0.717) is 19.6 Å². The van der Waals surface area contributed by atoms with Crippen LogP contribution in [0.1, 0.15) is 33.1 Å². The zero-order valence-corrected chi connectivity index (χ0v) is 11.9. The SMILES string of the molecule is CCC(CC)NC(=O)N1CCCN(CC(=O)O)CC1. The van der Waals surface area contributed by atoms with E-state index in [4.69, 9.17) is 5.11 Å². The molecule has 2 N–H and O–H groups in total. The molecule has 6 heteroatoms. The molecule has 1 aliphatic rings. The van der Waals surface area contributed by atoms with Crippen molar-refractivity contribution in [2.75, 3.05) is 32.7 Å². The Hall–Kier alpha value is -1.30. The minimum atomic E-state index is -0.810.